The smallest absolute Gasteiger partial charge is 0.124 e. The van der Waals surface area contributed by atoms with Crippen LogP contribution in [-0.2, 0) is 4.74 Å². The molecule has 1 heterocycles. The normalized spacial score (nSPS) is 21.8. The van der Waals surface area contributed by atoms with Crippen molar-refractivity contribution in [3.63, 3.8) is 0 Å². The zero-order chi connectivity index (χ0) is 13.8. The average Bonchev–Trinajstić information content (AvgIpc) is 2.82. The van der Waals surface area contributed by atoms with Crippen molar-refractivity contribution in [3.05, 3.63) is 34.6 Å². The summed E-state index contributed by atoms with van der Waals surface area (Å²) in [5, 5.41) is 0.450. The van der Waals surface area contributed by atoms with Gasteiger partial charge in [-0.2, -0.15) is 0 Å². The summed E-state index contributed by atoms with van der Waals surface area (Å²) in [6.07, 6.45) is 1.10. The van der Waals surface area contributed by atoms with Gasteiger partial charge < -0.3 is 10.5 Å². The van der Waals surface area contributed by atoms with Crippen LogP contribution in [0.15, 0.2) is 18.2 Å². The summed E-state index contributed by atoms with van der Waals surface area (Å²) >= 11 is 6.13. The van der Waals surface area contributed by atoms with Gasteiger partial charge in [0.25, 0.3) is 0 Å². The fraction of sp³-hybridized carbons (Fsp3) is 0.571. The quantitative estimate of drug-likeness (QED) is 0.904. The lowest BCUT2D eigenvalue weighted by molar-refractivity contribution is 0.147. The van der Waals surface area contributed by atoms with Crippen LogP contribution in [0.2, 0.25) is 5.02 Å². The van der Waals surface area contributed by atoms with Crippen LogP contribution in [0.25, 0.3) is 0 Å². The second-order valence-electron chi connectivity index (χ2n) is 5.02. The van der Waals surface area contributed by atoms with Crippen molar-refractivity contribution in [1.82, 2.24) is 4.90 Å². The van der Waals surface area contributed by atoms with Crippen LogP contribution in [0.4, 0.5) is 4.39 Å². The van der Waals surface area contributed by atoms with Gasteiger partial charge in [0.2, 0.25) is 0 Å². The summed E-state index contributed by atoms with van der Waals surface area (Å²) < 4.78 is 18.3. The van der Waals surface area contributed by atoms with E-state index >= 15 is 0 Å². The number of hydrogen-bond acceptors (Lipinski definition) is 3. The van der Waals surface area contributed by atoms with E-state index in [1.54, 1.807) is 13.2 Å². The van der Waals surface area contributed by atoms with Crippen LogP contribution in [0.3, 0.4) is 0 Å². The monoisotopic (exact) mass is 286 g/mol. The molecule has 106 valence electrons. The van der Waals surface area contributed by atoms with Crippen molar-refractivity contribution >= 4 is 11.6 Å². The Morgan fingerprint density at radius 2 is 2.37 bits per heavy atom. The van der Waals surface area contributed by atoms with E-state index in [1.165, 1.54) is 12.1 Å². The molecule has 1 aromatic rings. The third kappa shape index (κ3) is 3.45. The second-order valence-corrected chi connectivity index (χ2v) is 5.43. The molecule has 1 aliphatic rings. The van der Waals surface area contributed by atoms with Crippen LogP contribution in [-0.4, -0.2) is 38.3 Å². The lowest BCUT2D eigenvalue weighted by Crippen LogP contribution is -2.32. The molecule has 0 aromatic heterocycles. The van der Waals surface area contributed by atoms with Gasteiger partial charge in [-0.3, -0.25) is 4.90 Å². The summed E-state index contributed by atoms with van der Waals surface area (Å²) in [7, 11) is 1.72. The topological polar surface area (TPSA) is 38.5 Å². The lowest BCUT2D eigenvalue weighted by atomic mass is 10.1. The highest BCUT2D eigenvalue weighted by molar-refractivity contribution is 6.31. The van der Waals surface area contributed by atoms with Gasteiger partial charge in [0.05, 0.1) is 6.61 Å². The van der Waals surface area contributed by atoms with E-state index in [9.17, 15) is 4.39 Å². The fourth-order valence-electron chi connectivity index (χ4n) is 2.76. The van der Waals surface area contributed by atoms with Crippen LogP contribution in [0.5, 0.6) is 0 Å². The summed E-state index contributed by atoms with van der Waals surface area (Å²) in [6.45, 7) is 3.17. The Bertz CT molecular complexity index is 430. The average molecular weight is 287 g/mol. The maximum atomic E-state index is 13.1. The minimum absolute atomic E-state index is 0.0509. The first-order valence-corrected chi connectivity index (χ1v) is 6.91. The zero-order valence-electron chi connectivity index (χ0n) is 11.1. The molecule has 0 spiro atoms. The van der Waals surface area contributed by atoms with E-state index in [1.807, 2.05) is 0 Å². The molecule has 3 nitrogen and oxygen atoms in total. The summed E-state index contributed by atoms with van der Waals surface area (Å²) in [6, 6.07) is 4.57. The molecule has 0 bridgehead atoms. The highest BCUT2D eigenvalue weighted by Crippen LogP contribution is 2.31. The van der Waals surface area contributed by atoms with E-state index in [0.29, 0.717) is 17.5 Å². The van der Waals surface area contributed by atoms with Gasteiger partial charge in [0, 0.05) is 31.3 Å². The minimum Gasteiger partial charge on any atom is -0.384 e. The Morgan fingerprint density at radius 3 is 3.00 bits per heavy atom. The van der Waals surface area contributed by atoms with E-state index in [4.69, 9.17) is 22.1 Å². The Balaban J connectivity index is 2.12. The lowest BCUT2D eigenvalue weighted by Gasteiger charge is -2.28. The van der Waals surface area contributed by atoms with Crippen molar-refractivity contribution in [2.75, 3.05) is 33.4 Å². The molecule has 2 rings (SSSR count). The second kappa shape index (κ2) is 6.66. The Labute approximate surface area is 118 Å². The van der Waals surface area contributed by atoms with Crippen molar-refractivity contribution in [3.8, 4) is 0 Å². The molecular weight excluding hydrogens is 267 g/mol. The molecule has 2 atom stereocenters. The molecule has 2 N–H and O–H groups in total. The molecule has 19 heavy (non-hydrogen) atoms. The molecule has 1 aliphatic heterocycles. The predicted octanol–water partition coefficient (Wildman–Crippen LogP) is 2.45. The standard InChI is InChI=1S/C14H20ClFN2O/c1-19-9-10-4-5-18(8-10)14(7-17)12-3-2-11(16)6-13(12)15/h2-3,6,10,14H,4-5,7-9,17H2,1H3. The summed E-state index contributed by atoms with van der Waals surface area (Å²) in [4.78, 5) is 2.31. The van der Waals surface area contributed by atoms with Crippen LogP contribution < -0.4 is 5.73 Å². The van der Waals surface area contributed by atoms with Crippen molar-refractivity contribution < 1.29 is 9.13 Å². The van der Waals surface area contributed by atoms with Gasteiger partial charge in [-0.25, -0.2) is 4.39 Å². The molecule has 1 fully saturated rings. The maximum absolute atomic E-state index is 13.1. The Hall–Kier alpha value is -0.680. The van der Waals surface area contributed by atoms with Gasteiger partial charge >= 0.3 is 0 Å². The third-order valence-corrected chi connectivity index (χ3v) is 4.03. The highest BCUT2D eigenvalue weighted by atomic mass is 35.5. The number of rotatable bonds is 5. The molecule has 2 unspecified atom stereocenters. The fourth-order valence-corrected chi connectivity index (χ4v) is 3.06. The van der Waals surface area contributed by atoms with Crippen LogP contribution in [0.1, 0.15) is 18.0 Å². The SMILES string of the molecule is COCC1CCN(C(CN)c2ccc(F)cc2Cl)C1. The molecule has 0 radical (unpaired) electrons. The molecule has 0 saturated carbocycles. The van der Waals surface area contributed by atoms with Gasteiger partial charge in [0.1, 0.15) is 5.82 Å². The van der Waals surface area contributed by atoms with Gasteiger partial charge in [-0.05, 0) is 36.6 Å². The summed E-state index contributed by atoms with van der Waals surface area (Å²) in [5.41, 5.74) is 6.79. The van der Waals surface area contributed by atoms with Crippen molar-refractivity contribution in [2.24, 2.45) is 11.7 Å². The molecule has 1 saturated heterocycles. The van der Waals surface area contributed by atoms with E-state index < -0.39 is 0 Å². The number of nitrogens with zero attached hydrogens (tertiary/aromatic N) is 1. The minimum atomic E-state index is -0.316. The van der Waals surface area contributed by atoms with Crippen molar-refractivity contribution in [2.45, 2.75) is 12.5 Å². The molecule has 5 heteroatoms. The number of nitrogens with two attached hydrogens (primary N) is 1. The molecule has 0 aliphatic carbocycles. The van der Waals surface area contributed by atoms with E-state index in [2.05, 4.69) is 4.90 Å². The number of methoxy groups -OCH3 is 1. The summed E-state index contributed by atoms with van der Waals surface area (Å²) in [5.74, 6) is 0.224. The molecule has 0 amide bonds. The number of halogens is 2. The van der Waals surface area contributed by atoms with Crippen LogP contribution >= 0.6 is 11.6 Å². The largest absolute Gasteiger partial charge is 0.384 e. The first-order chi connectivity index (χ1) is 9.15. The van der Waals surface area contributed by atoms with Gasteiger partial charge in [0.15, 0.2) is 0 Å². The Kier molecular flexibility index (Phi) is 5.16. The van der Waals surface area contributed by atoms with Crippen LogP contribution in [0, 0.1) is 11.7 Å². The molecular formula is C14H20ClFN2O. The first-order valence-electron chi connectivity index (χ1n) is 6.53. The Morgan fingerprint density at radius 1 is 1.58 bits per heavy atom. The maximum Gasteiger partial charge on any atom is 0.124 e. The number of hydrogen-bond donors (Lipinski definition) is 1. The number of ether oxygens (including phenoxy) is 1. The van der Waals surface area contributed by atoms with Gasteiger partial charge in [-0.1, -0.05) is 17.7 Å². The number of likely N-dealkylation sites (tertiary alicyclic amines) is 1. The highest BCUT2D eigenvalue weighted by Gasteiger charge is 2.29. The number of benzene rings is 1. The third-order valence-electron chi connectivity index (χ3n) is 3.71. The van der Waals surface area contributed by atoms with E-state index in [0.717, 1.165) is 31.7 Å². The predicted molar refractivity (Wildman–Crippen MR) is 74.8 cm³/mol. The van der Waals surface area contributed by atoms with Gasteiger partial charge in [-0.15, -0.1) is 0 Å². The zero-order valence-corrected chi connectivity index (χ0v) is 11.9. The van der Waals surface area contributed by atoms with E-state index in [-0.39, 0.29) is 11.9 Å². The van der Waals surface area contributed by atoms with Crippen molar-refractivity contribution in [1.29, 1.82) is 0 Å². The molecule has 1 aromatic carbocycles. The first kappa shape index (κ1) is 14.7.